The van der Waals surface area contributed by atoms with Gasteiger partial charge in [0.1, 0.15) is 5.76 Å². The summed E-state index contributed by atoms with van der Waals surface area (Å²) in [6.45, 7) is 4.12. The molecule has 0 saturated heterocycles. The van der Waals surface area contributed by atoms with E-state index in [1.165, 1.54) is 6.92 Å². The third-order valence-electron chi connectivity index (χ3n) is 3.51. The summed E-state index contributed by atoms with van der Waals surface area (Å²) in [5.74, 6) is 0.724. The number of rotatable bonds is 7. The fourth-order valence-corrected chi connectivity index (χ4v) is 2.46. The molecule has 1 heterocycles. The number of anilines is 1. The number of benzene rings is 1. The number of carbonyl (C=O) groups is 2. The molecule has 0 atom stereocenters. The maximum absolute atomic E-state index is 11.9. The quantitative estimate of drug-likeness (QED) is 0.833. The van der Waals surface area contributed by atoms with Gasteiger partial charge in [-0.05, 0) is 31.0 Å². The van der Waals surface area contributed by atoms with Crippen LogP contribution in [0.2, 0.25) is 5.02 Å². The van der Waals surface area contributed by atoms with Crippen LogP contribution in [-0.2, 0) is 16.0 Å². The van der Waals surface area contributed by atoms with E-state index in [1.807, 2.05) is 24.3 Å². The van der Waals surface area contributed by atoms with Crippen LogP contribution in [0, 0.1) is 6.92 Å². The van der Waals surface area contributed by atoms with Crippen LogP contribution in [0.5, 0.6) is 0 Å². The second kappa shape index (κ2) is 8.49. The van der Waals surface area contributed by atoms with Crippen LogP contribution in [0.15, 0.2) is 34.9 Å². The summed E-state index contributed by atoms with van der Waals surface area (Å²) in [5, 5.41) is 7.01. The highest BCUT2D eigenvalue weighted by Crippen LogP contribution is 2.12. The Bertz CT molecular complexity index is 715. The minimum absolute atomic E-state index is 0.0675. The standard InChI is InChI=1S/C17H20ClN3O3/c1-12-10-16(20-24-12)19-17(23)7-9-21(13(2)22)8-6-14-4-3-5-15(18)11-14/h3-5,10-11H,6-9H2,1-2H3,(H,19,20,23). The Morgan fingerprint density at radius 1 is 1.29 bits per heavy atom. The molecule has 0 aliphatic heterocycles. The molecule has 2 aromatic rings. The Morgan fingerprint density at radius 3 is 2.71 bits per heavy atom. The topological polar surface area (TPSA) is 75.4 Å². The molecule has 1 aromatic carbocycles. The summed E-state index contributed by atoms with van der Waals surface area (Å²) in [5.41, 5.74) is 1.05. The third kappa shape index (κ3) is 5.70. The lowest BCUT2D eigenvalue weighted by Gasteiger charge is -2.20. The van der Waals surface area contributed by atoms with Crippen LogP contribution in [-0.4, -0.2) is 35.0 Å². The van der Waals surface area contributed by atoms with Gasteiger partial charge in [-0.1, -0.05) is 28.9 Å². The minimum Gasteiger partial charge on any atom is -0.360 e. The molecule has 128 valence electrons. The zero-order chi connectivity index (χ0) is 17.5. The van der Waals surface area contributed by atoms with Crippen molar-refractivity contribution >= 4 is 29.2 Å². The molecular formula is C17H20ClN3O3. The van der Waals surface area contributed by atoms with Crippen LogP contribution < -0.4 is 5.32 Å². The summed E-state index contributed by atoms with van der Waals surface area (Å²) in [6, 6.07) is 9.16. The first-order chi connectivity index (χ1) is 11.4. The highest BCUT2D eigenvalue weighted by atomic mass is 35.5. The van der Waals surface area contributed by atoms with Gasteiger partial charge in [-0.2, -0.15) is 0 Å². The summed E-state index contributed by atoms with van der Waals surface area (Å²) in [7, 11) is 0. The number of amides is 2. The molecule has 2 rings (SSSR count). The van der Waals surface area contributed by atoms with Gasteiger partial charge in [-0.25, -0.2) is 0 Å². The Morgan fingerprint density at radius 2 is 2.08 bits per heavy atom. The van der Waals surface area contributed by atoms with Gasteiger partial charge in [0.2, 0.25) is 11.8 Å². The molecular weight excluding hydrogens is 330 g/mol. The molecule has 6 nitrogen and oxygen atoms in total. The number of nitrogens with one attached hydrogen (secondary N) is 1. The predicted molar refractivity (Wildman–Crippen MR) is 91.9 cm³/mol. The number of aryl methyl sites for hydroxylation is 1. The first-order valence-corrected chi connectivity index (χ1v) is 8.05. The number of hydrogen-bond donors (Lipinski definition) is 1. The summed E-state index contributed by atoms with van der Waals surface area (Å²) >= 11 is 5.96. The van der Waals surface area contributed by atoms with Crippen molar-refractivity contribution in [2.24, 2.45) is 0 Å². The smallest absolute Gasteiger partial charge is 0.227 e. The van der Waals surface area contributed by atoms with E-state index in [0.717, 1.165) is 5.56 Å². The molecule has 0 spiro atoms. The van der Waals surface area contributed by atoms with Gasteiger partial charge < -0.3 is 14.7 Å². The van der Waals surface area contributed by atoms with Crippen molar-refractivity contribution in [1.29, 1.82) is 0 Å². The van der Waals surface area contributed by atoms with Crippen LogP contribution in [0.3, 0.4) is 0 Å². The third-order valence-corrected chi connectivity index (χ3v) is 3.74. The van der Waals surface area contributed by atoms with Crippen LogP contribution >= 0.6 is 11.6 Å². The summed E-state index contributed by atoms with van der Waals surface area (Å²) in [6.07, 6.45) is 0.880. The minimum atomic E-state index is -0.211. The molecule has 0 fully saturated rings. The van der Waals surface area contributed by atoms with Crippen molar-refractivity contribution in [1.82, 2.24) is 10.1 Å². The van der Waals surface area contributed by atoms with E-state index in [9.17, 15) is 9.59 Å². The fraction of sp³-hybridized carbons (Fsp3) is 0.353. The molecule has 24 heavy (non-hydrogen) atoms. The molecule has 0 aliphatic rings. The van der Waals surface area contributed by atoms with E-state index < -0.39 is 0 Å². The summed E-state index contributed by atoms with van der Waals surface area (Å²) in [4.78, 5) is 25.3. The van der Waals surface area contributed by atoms with E-state index >= 15 is 0 Å². The Hall–Kier alpha value is -2.34. The van der Waals surface area contributed by atoms with Crippen molar-refractivity contribution in [3.8, 4) is 0 Å². The van der Waals surface area contributed by atoms with E-state index in [0.29, 0.717) is 36.1 Å². The largest absolute Gasteiger partial charge is 0.360 e. The molecule has 0 bridgehead atoms. The number of aromatic nitrogens is 1. The van der Waals surface area contributed by atoms with Crippen molar-refractivity contribution in [3.63, 3.8) is 0 Å². The number of nitrogens with zero attached hydrogens (tertiary/aromatic N) is 2. The second-order valence-electron chi connectivity index (χ2n) is 5.51. The maximum atomic E-state index is 11.9. The average molecular weight is 350 g/mol. The van der Waals surface area contributed by atoms with Gasteiger partial charge in [0.15, 0.2) is 5.82 Å². The number of carbonyl (C=O) groups excluding carboxylic acids is 2. The number of halogens is 1. The lowest BCUT2D eigenvalue weighted by molar-refractivity contribution is -0.129. The van der Waals surface area contributed by atoms with Crippen LogP contribution in [0.25, 0.3) is 0 Å². The van der Waals surface area contributed by atoms with Crippen molar-refractivity contribution in [2.75, 3.05) is 18.4 Å². The van der Waals surface area contributed by atoms with Crippen molar-refractivity contribution in [3.05, 3.63) is 46.7 Å². The normalized spacial score (nSPS) is 10.5. The lowest BCUT2D eigenvalue weighted by atomic mass is 10.1. The Labute approximate surface area is 145 Å². The molecule has 0 radical (unpaired) electrons. The molecule has 7 heteroatoms. The molecule has 0 unspecified atom stereocenters. The summed E-state index contributed by atoms with van der Waals surface area (Å²) < 4.78 is 4.89. The Balaban J connectivity index is 1.82. The zero-order valence-electron chi connectivity index (χ0n) is 13.7. The van der Waals surface area contributed by atoms with Gasteiger partial charge in [0.05, 0.1) is 0 Å². The Kier molecular flexibility index (Phi) is 6.37. The van der Waals surface area contributed by atoms with Gasteiger partial charge in [-0.15, -0.1) is 0 Å². The SMILES string of the molecule is CC(=O)N(CCC(=O)Nc1cc(C)on1)CCc1cccc(Cl)c1. The van der Waals surface area contributed by atoms with E-state index in [-0.39, 0.29) is 18.2 Å². The lowest BCUT2D eigenvalue weighted by Crippen LogP contribution is -2.33. The zero-order valence-corrected chi connectivity index (χ0v) is 14.5. The van der Waals surface area contributed by atoms with E-state index in [4.69, 9.17) is 16.1 Å². The molecule has 2 amide bonds. The van der Waals surface area contributed by atoms with Crippen LogP contribution in [0.4, 0.5) is 5.82 Å². The van der Waals surface area contributed by atoms with Gasteiger partial charge in [0, 0.05) is 37.5 Å². The fourth-order valence-electron chi connectivity index (χ4n) is 2.25. The average Bonchev–Trinajstić information content (AvgIpc) is 2.92. The van der Waals surface area contributed by atoms with E-state index in [2.05, 4.69) is 10.5 Å². The van der Waals surface area contributed by atoms with Crippen molar-refractivity contribution in [2.45, 2.75) is 26.7 Å². The first-order valence-electron chi connectivity index (χ1n) is 7.67. The molecule has 0 aliphatic carbocycles. The highest BCUT2D eigenvalue weighted by molar-refractivity contribution is 6.30. The predicted octanol–water partition coefficient (Wildman–Crippen LogP) is 3.06. The first kappa shape index (κ1) is 18.0. The second-order valence-corrected chi connectivity index (χ2v) is 5.94. The number of hydrogen-bond acceptors (Lipinski definition) is 4. The van der Waals surface area contributed by atoms with Crippen LogP contribution in [0.1, 0.15) is 24.7 Å². The van der Waals surface area contributed by atoms with E-state index in [1.54, 1.807) is 17.9 Å². The van der Waals surface area contributed by atoms with Gasteiger partial charge in [0.25, 0.3) is 0 Å². The molecule has 1 aromatic heterocycles. The monoisotopic (exact) mass is 349 g/mol. The van der Waals surface area contributed by atoms with Crippen molar-refractivity contribution < 1.29 is 14.1 Å². The highest BCUT2D eigenvalue weighted by Gasteiger charge is 2.12. The molecule has 1 N–H and O–H groups in total. The van der Waals surface area contributed by atoms with Gasteiger partial charge >= 0.3 is 0 Å². The molecule has 0 saturated carbocycles. The maximum Gasteiger partial charge on any atom is 0.227 e. The van der Waals surface area contributed by atoms with Gasteiger partial charge in [-0.3, -0.25) is 9.59 Å².